The smallest absolute Gasteiger partial charge is 0.204 e. The maximum absolute atomic E-state index is 8.80. The van der Waals surface area contributed by atoms with Crippen LogP contribution in [0.4, 0.5) is 0 Å². The Morgan fingerprint density at radius 2 is 2.22 bits per heavy atom. The summed E-state index contributed by atoms with van der Waals surface area (Å²) in [4.78, 5) is 0. The second kappa shape index (κ2) is 2.50. The zero-order valence-electron chi connectivity index (χ0n) is 4.41. The van der Waals surface area contributed by atoms with Gasteiger partial charge in [-0.15, -0.1) is 0 Å². The number of rotatable bonds is 0. The summed E-state index contributed by atoms with van der Waals surface area (Å²) in [5.41, 5.74) is 0. The number of halogens is 2. The van der Waals surface area contributed by atoms with E-state index >= 15 is 0 Å². The topological polar surface area (TPSA) is 32.3 Å². The quantitative estimate of drug-likeness (QED) is 0.569. The highest BCUT2D eigenvalue weighted by Crippen LogP contribution is 2.15. The molecule has 0 fully saturated rings. The highest BCUT2D eigenvalue weighted by molar-refractivity contribution is 6.34. The van der Waals surface area contributed by atoms with Gasteiger partial charge in [0.2, 0.25) is 5.88 Å². The van der Waals surface area contributed by atoms with Crippen molar-refractivity contribution < 1.29 is 5.11 Å². The van der Waals surface area contributed by atoms with Crippen LogP contribution in [0.3, 0.4) is 0 Å². The number of dihydropyridines is 1. The lowest BCUT2D eigenvalue weighted by Gasteiger charge is -2.09. The van der Waals surface area contributed by atoms with Gasteiger partial charge in [-0.25, -0.2) is 0 Å². The van der Waals surface area contributed by atoms with E-state index in [1.54, 1.807) is 0 Å². The number of aliphatic hydroxyl groups excluding tert-OH is 1. The fourth-order valence-electron chi connectivity index (χ4n) is 0.461. The van der Waals surface area contributed by atoms with Crippen molar-refractivity contribution >= 4 is 23.2 Å². The van der Waals surface area contributed by atoms with Gasteiger partial charge in [0.15, 0.2) is 0 Å². The van der Waals surface area contributed by atoms with Gasteiger partial charge in [-0.1, -0.05) is 23.2 Å². The molecular formula is C5H4Cl2NO. The Morgan fingerprint density at radius 1 is 1.56 bits per heavy atom. The van der Waals surface area contributed by atoms with Gasteiger partial charge in [0, 0.05) is 11.1 Å². The van der Waals surface area contributed by atoms with Crippen molar-refractivity contribution in [1.29, 1.82) is 0 Å². The minimum absolute atomic E-state index is 0.0685. The van der Waals surface area contributed by atoms with Crippen molar-refractivity contribution in [2.45, 2.75) is 0 Å². The molecule has 1 radical (unpaired) electrons. The van der Waals surface area contributed by atoms with Crippen LogP contribution in [-0.2, 0) is 0 Å². The third kappa shape index (κ3) is 1.53. The molecule has 0 amide bonds. The van der Waals surface area contributed by atoms with Crippen molar-refractivity contribution in [3.05, 3.63) is 22.0 Å². The third-order valence-corrected chi connectivity index (χ3v) is 1.37. The number of hydrogen-bond donors (Lipinski definition) is 2. The van der Waals surface area contributed by atoms with E-state index in [4.69, 9.17) is 28.3 Å². The summed E-state index contributed by atoms with van der Waals surface area (Å²) in [5, 5.41) is 12.0. The molecule has 0 aromatic rings. The van der Waals surface area contributed by atoms with E-state index in [0.29, 0.717) is 11.6 Å². The third-order valence-electron chi connectivity index (χ3n) is 0.864. The fourth-order valence-corrected chi connectivity index (χ4v) is 0.852. The molecule has 0 atom stereocenters. The molecule has 1 aliphatic heterocycles. The molecule has 9 heavy (non-hydrogen) atoms. The lowest BCUT2D eigenvalue weighted by atomic mass is 10.4. The number of allylic oxidation sites excluding steroid dienone is 2. The minimum Gasteiger partial charge on any atom is -0.494 e. The predicted octanol–water partition coefficient (Wildman–Crippen LogP) is 1.48. The van der Waals surface area contributed by atoms with Crippen LogP contribution < -0.4 is 5.32 Å². The van der Waals surface area contributed by atoms with Gasteiger partial charge in [-0.2, -0.15) is 0 Å². The van der Waals surface area contributed by atoms with Crippen LogP contribution in [0, 0.1) is 6.08 Å². The molecule has 2 N–H and O–H groups in total. The molecule has 1 aliphatic rings. The fraction of sp³-hybridized carbons (Fsp3) is 0.200. The van der Waals surface area contributed by atoms with E-state index in [2.05, 4.69) is 11.4 Å². The maximum atomic E-state index is 8.80. The molecule has 49 valence electrons. The minimum atomic E-state index is -0.0685. The highest BCUT2D eigenvalue weighted by Gasteiger charge is 2.07. The van der Waals surface area contributed by atoms with Crippen molar-refractivity contribution in [3.8, 4) is 0 Å². The summed E-state index contributed by atoms with van der Waals surface area (Å²) in [7, 11) is 0. The zero-order chi connectivity index (χ0) is 6.85. The molecule has 1 heterocycles. The zero-order valence-corrected chi connectivity index (χ0v) is 5.92. The summed E-state index contributed by atoms with van der Waals surface area (Å²) in [6.45, 7) is 0.392. The van der Waals surface area contributed by atoms with E-state index in [9.17, 15) is 0 Å². The van der Waals surface area contributed by atoms with Crippen LogP contribution in [0.1, 0.15) is 0 Å². The van der Waals surface area contributed by atoms with E-state index in [1.807, 2.05) is 0 Å². The molecule has 2 nitrogen and oxygen atoms in total. The van der Waals surface area contributed by atoms with E-state index in [-0.39, 0.29) is 10.9 Å². The maximum Gasteiger partial charge on any atom is 0.204 e. The SMILES string of the molecule is OC1=C(Cl)[C]=C(Cl)CN1. The van der Waals surface area contributed by atoms with Crippen LogP contribution in [0.15, 0.2) is 15.9 Å². The molecule has 0 aromatic carbocycles. The summed E-state index contributed by atoms with van der Waals surface area (Å²) >= 11 is 10.9. The van der Waals surface area contributed by atoms with Gasteiger partial charge in [-0.05, 0) is 0 Å². The highest BCUT2D eigenvalue weighted by atomic mass is 35.5. The Bertz CT molecular complexity index is 185. The van der Waals surface area contributed by atoms with Crippen molar-refractivity contribution in [1.82, 2.24) is 5.32 Å². The van der Waals surface area contributed by atoms with Gasteiger partial charge < -0.3 is 10.4 Å². The lowest BCUT2D eigenvalue weighted by molar-refractivity contribution is 0.365. The number of hydrogen-bond acceptors (Lipinski definition) is 2. The molecule has 0 spiro atoms. The number of aliphatic hydroxyl groups is 1. The van der Waals surface area contributed by atoms with Crippen molar-refractivity contribution in [2.24, 2.45) is 0 Å². The predicted molar refractivity (Wildman–Crippen MR) is 36.1 cm³/mol. The lowest BCUT2D eigenvalue weighted by Crippen LogP contribution is -2.18. The Labute approximate surface area is 62.8 Å². The van der Waals surface area contributed by atoms with E-state index < -0.39 is 0 Å². The second-order valence-electron chi connectivity index (χ2n) is 1.55. The average molecular weight is 165 g/mol. The van der Waals surface area contributed by atoms with Crippen LogP contribution in [0.25, 0.3) is 0 Å². The molecular weight excluding hydrogens is 161 g/mol. The Morgan fingerprint density at radius 3 is 2.67 bits per heavy atom. The molecule has 0 aromatic heterocycles. The van der Waals surface area contributed by atoms with Crippen LogP contribution in [0.5, 0.6) is 0 Å². The molecule has 0 bridgehead atoms. The van der Waals surface area contributed by atoms with Crippen LogP contribution in [0.2, 0.25) is 0 Å². The molecule has 4 heteroatoms. The first-order chi connectivity index (χ1) is 4.20. The second-order valence-corrected chi connectivity index (χ2v) is 2.38. The molecule has 0 aliphatic carbocycles. The first-order valence-electron chi connectivity index (χ1n) is 2.31. The Balaban J connectivity index is 2.83. The Hall–Kier alpha value is -0.340. The molecule has 0 saturated carbocycles. The van der Waals surface area contributed by atoms with E-state index in [1.165, 1.54) is 0 Å². The largest absolute Gasteiger partial charge is 0.494 e. The monoisotopic (exact) mass is 164 g/mol. The van der Waals surface area contributed by atoms with Gasteiger partial charge >= 0.3 is 0 Å². The van der Waals surface area contributed by atoms with Gasteiger partial charge in [0.05, 0.1) is 6.54 Å². The summed E-state index contributed by atoms with van der Waals surface area (Å²) in [6, 6.07) is 0. The van der Waals surface area contributed by atoms with Gasteiger partial charge in [0.1, 0.15) is 5.03 Å². The molecule has 1 rings (SSSR count). The van der Waals surface area contributed by atoms with Crippen molar-refractivity contribution in [2.75, 3.05) is 6.54 Å². The Kier molecular flexibility index (Phi) is 1.88. The summed E-state index contributed by atoms with van der Waals surface area (Å²) in [5.74, 6) is -0.0685. The molecule has 0 saturated heterocycles. The standard InChI is InChI=1S/C5H4Cl2NO/c6-3-1-4(7)5(9)8-2-3/h8-9H,2H2. The summed E-state index contributed by atoms with van der Waals surface area (Å²) in [6.07, 6.45) is 2.54. The normalized spacial score (nSPS) is 19.1. The summed E-state index contributed by atoms with van der Waals surface area (Å²) < 4.78 is 0. The number of nitrogens with one attached hydrogen (secondary N) is 1. The van der Waals surface area contributed by atoms with Crippen molar-refractivity contribution in [3.63, 3.8) is 0 Å². The first kappa shape index (κ1) is 6.78. The van der Waals surface area contributed by atoms with E-state index in [0.717, 1.165) is 0 Å². The first-order valence-corrected chi connectivity index (χ1v) is 3.06. The van der Waals surface area contributed by atoms with Crippen LogP contribution in [-0.4, -0.2) is 11.7 Å². The average Bonchev–Trinajstić information content (AvgIpc) is 1.80. The van der Waals surface area contributed by atoms with Crippen LogP contribution >= 0.6 is 23.2 Å². The van der Waals surface area contributed by atoms with Gasteiger partial charge in [-0.3, -0.25) is 0 Å². The molecule has 0 unspecified atom stereocenters. The van der Waals surface area contributed by atoms with Gasteiger partial charge in [0.25, 0.3) is 0 Å².